The Hall–Kier alpha value is -1.61. The standard InChI is InChI=1S/C16H21FN2/c1-4-16(18-3)13-7-8-19(10-13)11-14-9-15(17)6-5-12(14)2/h5-10,16,18H,4,11H2,1-3H3. The summed E-state index contributed by atoms with van der Waals surface area (Å²) in [6, 6.07) is 7.46. The average molecular weight is 260 g/mol. The van der Waals surface area contributed by atoms with Gasteiger partial charge in [-0.2, -0.15) is 0 Å². The van der Waals surface area contributed by atoms with Gasteiger partial charge in [0, 0.05) is 25.0 Å². The van der Waals surface area contributed by atoms with Crippen molar-refractivity contribution in [2.45, 2.75) is 32.9 Å². The molecule has 1 heterocycles. The number of benzene rings is 1. The molecule has 0 radical (unpaired) electrons. The van der Waals surface area contributed by atoms with E-state index in [1.54, 1.807) is 6.07 Å². The number of nitrogens with zero attached hydrogens (tertiary/aromatic N) is 1. The van der Waals surface area contributed by atoms with Gasteiger partial charge >= 0.3 is 0 Å². The van der Waals surface area contributed by atoms with Crippen molar-refractivity contribution in [3.05, 3.63) is 59.2 Å². The summed E-state index contributed by atoms with van der Waals surface area (Å²) < 4.78 is 15.4. The lowest BCUT2D eigenvalue weighted by atomic mass is 10.1. The maximum absolute atomic E-state index is 13.3. The molecule has 1 aromatic carbocycles. The summed E-state index contributed by atoms with van der Waals surface area (Å²) in [6.07, 6.45) is 5.24. The van der Waals surface area contributed by atoms with E-state index in [4.69, 9.17) is 0 Å². The highest BCUT2D eigenvalue weighted by atomic mass is 19.1. The van der Waals surface area contributed by atoms with Gasteiger partial charge in [0.2, 0.25) is 0 Å². The molecule has 2 nitrogen and oxygen atoms in total. The monoisotopic (exact) mass is 260 g/mol. The van der Waals surface area contributed by atoms with Crippen molar-refractivity contribution in [3.8, 4) is 0 Å². The minimum atomic E-state index is -0.172. The number of aryl methyl sites for hydroxylation is 1. The van der Waals surface area contributed by atoms with Gasteiger partial charge in [-0.05, 0) is 55.3 Å². The van der Waals surface area contributed by atoms with Gasteiger partial charge < -0.3 is 9.88 Å². The van der Waals surface area contributed by atoms with Crippen LogP contribution in [-0.4, -0.2) is 11.6 Å². The summed E-state index contributed by atoms with van der Waals surface area (Å²) in [5.41, 5.74) is 3.43. The number of aromatic nitrogens is 1. The van der Waals surface area contributed by atoms with Gasteiger partial charge in [-0.15, -0.1) is 0 Å². The Kier molecular flexibility index (Phi) is 4.38. The van der Waals surface area contributed by atoms with Crippen LogP contribution in [0.4, 0.5) is 4.39 Å². The van der Waals surface area contributed by atoms with E-state index in [1.165, 1.54) is 11.6 Å². The van der Waals surface area contributed by atoms with Crippen LogP contribution >= 0.6 is 0 Å². The molecule has 2 rings (SSSR count). The quantitative estimate of drug-likeness (QED) is 0.868. The van der Waals surface area contributed by atoms with Crippen LogP contribution in [0.5, 0.6) is 0 Å². The second kappa shape index (κ2) is 6.02. The summed E-state index contributed by atoms with van der Waals surface area (Å²) in [7, 11) is 1.97. The zero-order valence-electron chi connectivity index (χ0n) is 11.8. The maximum atomic E-state index is 13.3. The van der Waals surface area contributed by atoms with Gasteiger partial charge in [0.05, 0.1) is 0 Å². The molecule has 1 N–H and O–H groups in total. The molecule has 19 heavy (non-hydrogen) atoms. The first-order chi connectivity index (χ1) is 9.13. The highest BCUT2D eigenvalue weighted by molar-refractivity contribution is 5.27. The molecule has 0 spiro atoms. The first-order valence-corrected chi connectivity index (χ1v) is 6.72. The van der Waals surface area contributed by atoms with Crippen molar-refractivity contribution in [2.24, 2.45) is 0 Å². The Morgan fingerprint density at radius 3 is 2.79 bits per heavy atom. The molecule has 2 aromatic rings. The molecule has 1 unspecified atom stereocenters. The molecule has 0 fully saturated rings. The number of rotatable bonds is 5. The van der Waals surface area contributed by atoms with Crippen LogP contribution in [0.1, 0.15) is 36.1 Å². The molecule has 3 heteroatoms. The number of hydrogen-bond donors (Lipinski definition) is 1. The third-order valence-electron chi connectivity index (χ3n) is 3.60. The van der Waals surface area contributed by atoms with Crippen molar-refractivity contribution < 1.29 is 4.39 Å². The second-order valence-corrected chi connectivity index (χ2v) is 4.94. The topological polar surface area (TPSA) is 17.0 Å². The van der Waals surface area contributed by atoms with E-state index in [-0.39, 0.29) is 5.82 Å². The van der Waals surface area contributed by atoms with Crippen molar-refractivity contribution in [1.82, 2.24) is 9.88 Å². The average Bonchev–Trinajstić information content (AvgIpc) is 2.84. The number of hydrogen-bond acceptors (Lipinski definition) is 1. The Bertz CT molecular complexity index is 541. The maximum Gasteiger partial charge on any atom is 0.123 e. The third-order valence-corrected chi connectivity index (χ3v) is 3.60. The van der Waals surface area contributed by atoms with E-state index in [2.05, 4.69) is 35.3 Å². The van der Waals surface area contributed by atoms with Gasteiger partial charge in [-0.3, -0.25) is 0 Å². The third kappa shape index (κ3) is 3.24. The Labute approximate surface area is 114 Å². The molecular formula is C16H21FN2. The van der Waals surface area contributed by atoms with E-state index in [0.29, 0.717) is 12.6 Å². The van der Waals surface area contributed by atoms with Crippen LogP contribution < -0.4 is 5.32 Å². The molecule has 0 bridgehead atoms. The lowest BCUT2D eigenvalue weighted by molar-refractivity contribution is 0.575. The Morgan fingerprint density at radius 1 is 1.32 bits per heavy atom. The van der Waals surface area contributed by atoms with Crippen LogP contribution in [-0.2, 0) is 6.54 Å². The first kappa shape index (κ1) is 13.8. The molecule has 0 aliphatic rings. The molecule has 0 saturated carbocycles. The molecular weight excluding hydrogens is 239 g/mol. The van der Waals surface area contributed by atoms with Gasteiger partial charge in [0.15, 0.2) is 0 Å². The van der Waals surface area contributed by atoms with Crippen LogP contribution in [0.3, 0.4) is 0 Å². The lowest BCUT2D eigenvalue weighted by Gasteiger charge is -2.12. The Morgan fingerprint density at radius 2 is 2.11 bits per heavy atom. The molecule has 102 valence electrons. The van der Waals surface area contributed by atoms with Crippen LogP contribution in [0, 0.1) is 12.7 Å². The summed E-state index contributed by atoms with van der Waals surface area (Å²) in [4.78, 5) is 0. The smallest absolute Gasteiger partial charge is 0.123 e. The lowest BCUT2D eigenvalue weighted by Crippen LogP contribution is -2.14. The van der Waals surface area contributed by atoms with E-state index in [9.17, 15) is 4.39 Å². The normalized spacial score (nSPS) is 12.6. The van der Waals surface area contributed by atoms with Gasteiger partial charge in [0.1, 0.15) is 5.82 Å². The van der Waals surface area contributed by atoms with Crippen molar-refractivity contribution >= 4 is 0 Å². The molecule has 0 saturated heterocycles. The predicted octanol–water partition coefficient (Wildman–Crippen LogP) is 3.65. The zero-order chi connectivity index (χ0) is 13.8. The van der Waals surface area contributed by atoms with Crippen molar-refractivity contribution in [2.75, 3.05) is 7.05 Å². The van der Waals surface area contributed by atoms with Gasteiger partial charge in [0.25, 0.3) is 0 Å². The van der Waals surface area contributed by atoms with Crippen molar-refractivity contribution in [1.29, 1.82) is 0 Å². The summed E-state index contributed by atoms with van der Waals surface area (Å²) in [5.74, 6) is -0.172. The van der Waals surface area contributed by atoms with Crippen LogP contribution in [0.25, 0.3) is 0 Å². The largest absolute Gasteiger partial charge is 0.350 e. The second-order valence-electron chi connectivity index (χ2n) is 4.94. The van der Waals surface area contributed by atoms with E-state index < -0.39 is 0 Å². The van der Waals surface area contributed by atoms with Gasteiger partial charge in [-0.25, -0.2) is 4.39 Å². The molecule has 0 amide bonds. The minimum absolute atomic E-state index is 0.172. The Balaban J connectivity index is 2.18. The molecule has 1 atom stereocenters. The zero-order valence-corrected chi connectivity index (χ0v) is 11.8. The van der Waals surface area contributed by atoms with E-state index >= 15 is 0 Å². The molecule has 1 aromatic heterocycles. The van der Waals surface area contributed by atoms with E-state index in [1.807, 2.05) is 20.0 Å². The molecule has 0 aliphatic heterocycles. The predicted molar refractivity (Wildman–Crippen MR) is 76.8 cm³/mol. The number of nitrogens with one attached hydrogen (secondary N) is 1. The number of halogens is 1. The van der Waals surface area contributed by atoms with E-state index in [0.717, 1.165) is 17.5 Å². The fraction of sp³-hybridized carbons (Fsp3) is 0.375. The SMILES string of the molecule is CCC(NC)c1ccn(Cc2cc(F)ccc2C)c1. The highest BCUT2D eigenvalue weighted by Gasteiger charge is 2.08. The fourth-order valence-corrected chi connectivity index (χ4v) is 2.38. The first-order valence-electron chi connectivity index (χ1n) is 6.72. The van der Waals surface area contributed by atoms with Crippen LogP contribution in [0.2, 0.25) is 0 Å². The van der Waals surface area contributed by atoms with Crippen LogP contribution in [0.15, 0.2) is 36.7 Å². The minimum Gasteiger partial charge on any atom is -0.350 e. The fourth-order valence-electron chi connectivity index (χ4n) is 2.38. The summed E-state index contributed by atoms with van der Waals surface area (Å²) in [5, 5.41) is 3.29. The van der Waals surface area contributed by atoms with Crippen molar-refractivity contribution in [3.63, 3.8) is 0 Å². The summed E-state index contributed by atoms with van der Waals surface area (Å²) in [6.45, 7) is 4.89. The molecule has 0 aliphatic carbocycles. The summed E-state index contributed by atoms with van der Waals surface area (Å²) >= 11 is 0. The highest BCUT2D eigenvalue weighted by Crippen LogP contribution is 2.18. The van der Waals surface area contributed by atoms with Gasteiger partial charge in [-0.1, -0.05) is 13.0 Å².